The minimum Gasteiger partial charge on any atom is -0.293 e. The maximum Gasteiger partial charge on any atom is 0.264 e. The van der Waals surface area contributed by atoms with E-state index in [1.165, 1.54) is 24.3 Å². The van der Waals surface area contributed by atoms with E-state index in [-0.39, 0.29) is 20.6 Å². The molecule has 0 fully saturated rings. The summed E-state index contributed by atoms with van der Waals surface area (Å²) in [5.74, 6) is 3.73. The van der Waals surface area contributed by atoms with Gasteiger partial charge in [0.1, 0.15) is 12.4 Å². The van der Waals surface area contributed by atoms with E-state index in [0.717, 1.165) is 22.5 Å². The van der Waals surface area contributed by atoms with Gasteiger partial charge in [0.15, 0.2) is 0 Å². The minimum absolute atomic E-state index is 0.0417. The number of nitrogens with one attached hydrogen (secondary N) is 1. The molecule has 0 aliphatic heterocycles. The number of benzene rings is 2. The second-order valence-corrected chi connectivity index (χ2v) is 7.31. The van der Waals surface area contributed by atoms with Gasteiger partial charge in [-0.3, -0.25) is 14.5 Å². The monoisotopic (exact) mass is 391 g/mol. The number of anilines is 1. The Balaban J connectivity index is 2.53. The SMILES string of the molecule is NNC(=O)CN(c1ccc(F)cc1)S(=O)(=O)c1ccc(Cl)c(Cl)c1. The van der Waals surface area contributed by atoms with Gasteiger partial charge in [-0.25, -0.2) is 18.7 Å². The standard InChI is InChI=1S/C14H12Cl2FN3O3S/c15-12-6-5-11(7-13(12)16)24(22,23)20(8-14(21)19-18)10-3-1-9(17)2-4-10/h1-7H,8,18H2,(H,19,21). The van der Waals surface area contributed by atoms with Gasteiger partial charge in [-0.2, -0.15) is 0 Å². The van der Waals surface area contributed by atoms with Crippen molar-refractivity contribution in [2.24, 2.45) is 5.84 Å². The molecule has 0 unspecified atom stereocenters. The molecule has 0 aliphatic rings. The Morgan fingerprint density at radius 2 is 1.75 bits per heavy atom. The van der Waals surface area contributed by atoms with Crippen LogP contribution in [0.3, 0.4) is 0 Å². The summed E-state index contributed by atoms with van der Waals surface area (Å²) < 4.78 is 39.6. The Kier molecular flexibility index (Phi) is 5.66. The number of hydrogen-bond acceptors (Lipinski definition) is 4. The van der Waals surface area contributed by atoms with E-state index in [1.54, 1.807) is 0 Å². The van der Waals surface area contributed by atoms with E-state index in [4.69, 9.17) is 29.0 Å². The maximum absolute atomic E-state index is 13.1. The molecule has 3 N–H and O–H groups in total. The molecule has 1 amide bonds. The third-order valence-corrected chi connectivity index (χ3v) is 5.55. The van der Waals surface area contributed by atoms with Crippen molar-refractivity contribution in [2.75, 3.05) is 10.8 Å². The Morgan fingerprint density at radius 1 is 1.12 bits per heavy atom. The first-order valence-electron chi connectivity index (χ1n) is 6.48. The molecule has 2 aromatic carbocycles. The van der Waals surface area contributed by atoms with Crippen LogP contribution in [0.1, 0.15) is 0 Å². The first-order chi connectivity index (χ1) is 11.3. The van der Waals surface area contributed by atoms with Gasteiger partial charge < -0.3 is 0 Å². The van der Waals surface area contributed by atoms with Crippen LogP contribution in [0, 0.1) is 5.82 Å². The zero-order chi connectivity index (χ0) is 17.9. The smallest absolute Gasteiger partial charge is 0.264 e. The van der Waals surface area contributed by atoms with Crippen molar-refractivity contribution in [1.29, 1.82) is 0 Å². The van der Waals surface area contributed by atoms with Gasteiger partial charge in [-0.15, -0.1) is 0 Å². The van der Waals surface area contributed by atoms with Crippen LogP contribution in [0.4, 0.5) is 10.1 Å². The molecule has 0 heterocycles. The predicted octanol–water partition coefficient (Wildman–Crippen LogP) is 2.32. The number of halogens is 3. The lowest BCUT2D eigenvalue weighted by Gasteiger charge is -2.23. The van der Waals surface area contributed by atoms with Crippen molar-refractivity contribution in [3.05, 3.63) is 58.3 Å². The number of amides is 1. The number of sulfonamides is 1. The molecule has 0 aromatic heterocycles. The second-order valence-electron chi connectivity index (χ2n) is 4.63. The molecule has 6 nitrogen and oxygen atoms in total. The largest absolute Gasteiger partial charge is 0.293 e. The molecule has 2 rings (SSSR count). The average molecular weight is 392 g/mol. The number of hydrazine groups is 1. The molecular weight excluding hydrogens is 380 g/mol. The highest BCUT2D eigenvalue weighted by molar-refractivity contribution is 7.92. The van der Waals surface area contributed by atoms with Crippen LogP contribution in [0.25, 0.3) is 0 Å². The summed E-state index contributed by atoms with van der Waals surface area (Å²) in [6.45, 7) is -0.593. The molecule has 10 heteroatoms. The Labute approximate surface area is 148 Å². The summed E-state index contributed by atoms with van der Waals surface area (Å²) >= 11 is 11.6. The van der Waals surface area contributed by atoms with Crippen molar-refractivity contribution in [2.45, 2.75) is 4.90 Å². The third kappa shape index (κ3) is 3.96. The van der Waals surface area contributed by atoms with Crippen LogP contribution < -0.4 is 15.6 Å². The number of rotatable bonds is 5. The van der Waals surface area contributed by atoms with Crippen molar-refractivity contribution in [3.63, 3.8) is 0 Å². The van der Waals surface area contributed by atoms with E-state index < -0.39 is 28.3 Å². The van der Waals surface area contributed by atoms with Crippen LogP contribution in [-0.2, 0) is 14.8 Å². The number of nitrogens with two attached hydrogens (primary N) is 1. The summed E-state index contributed by atoms with van der Waals surface area (Å²) in [5, 5.41) is 0.226. The molecule has 0 aliphatic carbocycles. The number of carbonyl (C=O) groups is 1. The fourth-order valence-corrected chi connectivity index (χ4v) is 3.67. The zero-order valence-electron chi connectivity index (χ0n) is 12.0. The molecule has 0 bridgehead atoms. The summed E-state index contributed by atoms with van der Waals surface area (Å²) in [4.78, 5) is 11.4. The van der Waals surface area contributed by atoms with Crippen LogP contribution in [0.5, 0.6) is 0 Å². The van der Waals surface area contributed by atoms with E-state index in [0.29, 0.717) is 0 Å². The van der Waals surface area contributed by atoms with E-state index in [9.17, 15) is 17.6 Å². The van der Waals surface area contributed by atoms with Crippen molar-refractivity contribution in [1.82, 2.24) is 5.43 Å². The Morgan fingerprint density at radius 3 is 2.29 bits per heavy atom. The van der Waals surface area contributed by atoms with E-state index in [2.05, 4.69) is 0 Å². The molecule has 0 saturated heterocycles. The normalized spacial score (nSPS) is 11.2. The van der Waals surface area contributed by atoms with E-state index >= 15 is 0 Å². The molecule has 0 saturated carbocycles. The summed E-state index contributed by atoms with van der Waals surface area (Å²) in [7, 11) is -4.16. The topological polar surface area (TPSA) is 92.5 Å². The van der Waals surface area contributed by atoms with Gasteiger partial charge in [-0.05, 0) is 42.5 Å². The van der Waals surface area contributed by atoms with Crippen molar-refractivity contribution in [3.8, 4) is 0 Å². The average Bonchev–Trinajstić information content (AvgIpc) is 2.55. The van der Waals surface area contributed by atoms with Gasteiger partial charge in [0.25, 0.3) is 15.9 Å². The molecule has 2 aromatic rings. The van der Waals surface area contributed by atoms with Gasteiger partial charge in [0.05, 0.1) is 20.6 Å². The zero-order valence-corrected chi connectivity index (χ0v) is 14.4. The first kappa shape index (κ1) is 18.5. The quantitative estimate of drug-likeness (QED) is 0.464. The summed E-state index contributed by atoms with van der Waals surface area (Å²) in [6, 6.07) is 8.35. The van der Waals surface area contributed by atoms with Crippen molar-refractivity contribution >= 4 is 44.8 Å². The number of carbonyl (C=O) groups excluding carboxylic acids is 1. The molecule has 0 atom stereocenters. The predicted molar refractivity (Wildman–Crippen MR) is 89.7 cm³/mol. The summed E-state index contributed by atoms with van der Waals surface area (Å²) in [6.07, 6.45) is 0. The van der Waals surface area contributed by atoms with Crippen molar-refractivity contribution < 1.29 is 17.6 Å². The molecule has 0 spiro atoms. The molecule has 0 radical (unpaired) electrons. The van der Waals surface area contributed by atoms with Crippen LogP contribution in [-0.4, -0.2) is 20.9 Å². The highest BCUT2D eigenvalue weighted by Gasteiger charge is 2.27. The highest BCUT2D eigenvalue weighted by Crippen LogP contribution is 2.29. The van der Waals surface area contributed by atoms with Gasteiger partial charge in [0, 0.05) is 0 Å². The van der Waals surface area contributed by atoms with E-state index in [1.807, 2.05) is 5.43 Å². The Hall–Kier alpha value is -1.87. The number of nitrogens with zero attached hydrogens (tertiary/aromatic N) is 1. The first-order valence-corrected chi connectivity index (χ1v) is 8.68. The minimum atomic E-state index is -4.16. The Bertz CT molecular complexity index is 860. The maximum atomic E-state index is 13.1. The lowest BCUT2D eigenvalue weighted by molar-refractivity contribution is -0.119. The van der Waals surface area contributed by atoms with Gasteiger partial charge >= 0.3 is 0 Å². The second kappa shape index (κ2) is 7.35. The van der Waals surface area contributed by atoms with Gasteiger partial charge in [0.2, 0.25) is 0 Å². The number of hydrogen-bond donors (Lipinski definition) is 2. The van der Waals surface area contributed by atoms with Crippen LogP contribution in [0.15, 0.2) is 47.4 Å². The lowest BCUT2D eigenvalue weighted by Crippen LogP contribution is -2.43. The lowest BCUT2D eigenvalue weighted by atomic mass is 10.3. The molecular formula is C14H12Cl2FN3O3S. The van der Waals surface area contributed by atoms with Gasteiger partial charge in [-0.1, -0.05) is 23.2 Å². The summed E-state index contributed by atoms with van der Waals surface area (Å²) in [5.41, 5.74) is 1.94. The highest BCUT2D eigenvalue weighted by atomic mass is 35.5. The fourth-order valence-electron chi connectivity index (χ4n) is 1.86. The fraction of sp³-hybridized carbons (Fsp3) is 0.0714. The third-order valence-electron chi connectivity index (χ3n) is 3.04. The molecule has 128 valence electrons. The molecule has 24 heavy (non-hydrogen) atoms. The van der Waals surface area contributed by atoms with Crippen LogP contribution in [0.2, 0.25) is 10.0 Å². The van der Waals surface area contributed by atoms with Crippen LogP contribution >= 0.6 is 23.2 Å².